The molecule has 0 bridgehead atoms. The molecule has 4 rings (SSSR count). The van der Waals surface area contributed by atoms with Gasteiger partial charge in [-0.3, -0.25) is 0 Å². The number of hydrogen-bond acceptors (Lipinski definition) is 5. The summed E-state index contributed by atoms with van der Waals surface area (Å²) in [6.07, 6.45) is 0. The molecule has 0 spiro atoms. The molecule has 180 valence electrons. The number of ether oxygens (including phenoxy) is 2. The van der Waals surface area contributed by atoms with Gasteiger partial charge in [-0.1, -0.05) is 76.3 Å². The van der Waals surface area contributed by atoms with Gasteiger partial charge in [-0.05, 0) is 47.0 Å². The molecule has 0 saturated heterocycles. The monoisotopic (exact) mass is 486 g/mol. The number of halogens is 2. The third kappa shape index (κ3) is 5.78. The number of carbonyl (C=O) groups is 1. The topological polar surface area (TPSA) is 87.5 Å². The quantitative estimate of drug-likeness (QED) is 0.0796. The highest BCUT2D eigenvalue weighted by molar-refractivity contribution is 5.90. The Bertz CT molecular complexity index is 1400. The molecule has 4 aromatic rings. The average molecular weight is 486 g/mol. The highest BCUT2D eigenvalue weighted by Crippen LogP contribution is 2.40. The molecule has 0 atom stereocenters. The molecular formula is C27H20F2N4O3. The first kappa shape index (κ1) is 24.3. The number of rotatable bonds is 9. The zero-order valence-electron chi connectivity index (χ0n) is 18.9. The lowest BCUT2D eigenvalue weighted by molar-refractivity contribution is 0.0472. The molecule has 7 nitrogen and oxygen atoms in total. The molecule has 0 heterocycles. The summed E-state index contributed by atoms with van der Waals surface area (Å²) in [5.41, 5.74) is 9.50. The van der Waals surface area contributed by atoms with Gasteiger partial charge >= 0.3 is 5.97 Å². The van der Waals surface area contributed by atoms with Crippen molar-refractivity contribution in [3.8, 4) is 5.75 Å². The smallest absolute Gasteiger partial charge is 0.338 e. The van der Waals surface area contributed by atoms with Gasteiger partial charge in [-0.15, -0.1) is 0 Å². The molecule has 0 aliphatic heterocycles. The molecule has 0 amide bonds. The minimum Gasteiger partial charge on any atom is -0.488 e. The van der Waals surface area contributed by atoms with Crippen LogP contribution in [-0.4, -0.2) is 5.97 Å². The molecule has 0 aliphatic carbocycles. The van der Waals surface area contributed by atoms with Crippen LogP contribution in [0, 0.1) is 5.82 Å². The lowest BCUT2D eigenvalue weighted by atomic mass is 10.1. The summed E-state index contributed by atoms with van der Waals surface area (Å²) in [6, 6.07) is 26.2. The zero-order chi connectivity index (χ0) is 25.3. The van der Waals surface area contributed by atoms with Crippen molar-refractivity contribution in [2.24, 2.45) is 5.11 Å². The Morgan fingerprint density at radius 1 is 0.889 bits per heavy atom. The van der Waals surface area contributed by atoms with Crippen molar-refractivity contribution in [3.05, 3.63) is 130 Å². The highest BCUT2D eigenvalue weighted by atomic mass is 19.2. The minimum absolute atomic E-state index is 0.0375. The predicted octanol–water partition coefficient (Wildman–Crippen LogP) is 7.73. The third-order valence-electron chi connectivity index (χ3n) is 5.17. The second-order valence-electron chi connectivity index (χ2n) is 7.60. The Balaban J connectivity index is 1.54. The number of anilines is 2. The highest BCUT2D eigenvalue weighted by Gasteiger charge is 2.21. The van der Waals surface area contributed by atoms with Gasteiger partial charge in [0.15, 0.2) is 5.82 Å². The molecule has 9 heteroatoms. The maximum absolute atomic E-state index is 15.3. The van der Waals surface area contributed by atoms with E-state index in [1.165, 1.54) is 30.3 Å². The van der Waals surface area contributed by atoms with E-state index in [2.05, 4.69) is 10.0 Å². The van der Waals surface area contributed by atoms with E-state index < -0.39 is 23.2 Å². The second-order valence-corrected chi connectivity index (χ2v) is 7.60. The summed E-state index contributed by atoms with van der Waals surface area (Å²) < 4.78 is 41.4. The summed E-state index contributed by atoms with van der Waals surface area (Å²) in [5, 5.41) is 3.42. The van der Waals surface area contributed by atoms with Crippen molar-refractivity contribution in [3.63, 3.8) is 0 Å². The predicted molar refractivity (Wildman–Crippen MR) is 131 cm³/mol. The fraction of sp³-hybridized carbons (Fsp3) is 0.0741. The fourth-order valence-electron chi connectivity index (χ4n) is 3.38. The maximum Gasteiger partial charge on any atom is 0.338 e. The Morgan fingerprint density at radius 3 is 2.22 bits per heavy atom. The standard InChI is InChI=1S/C27H20F2N4O3/c28-25-23(14-15-24(26(25)31-32-30)35-17-19-8-3-1-4-9-19)33(29)22-13-7-12-21(16-22)27(34)36-18-20-10-5-2-6-11-20/h1-16H,17-18H2. The van der Waals surface area contributed by atoms with E-state index in [0.717, 1.165) is 17.2 Å². The van der Waals surface area contributed by atoms with Crippen LogP contribution in [0.1, 0.15) is 21.5 Å². The molecule has 36 heavy (non-hydrogen) atoms. The van der Waals surface area contributed by atoms with Gasteiger partial charge in [-0.25, -0.2) is 9.18 Å². The van der Waals surface area contributed by atoms with Crippen LogP contribution in [0.25, 0.3) is 10.4 Å². The van der Waals surface area contributed by atoms with Crippen molar-refractivity contribution in [1.29, 1.82) is 0 Å². The Hall–Kier alpha value is -4.88. The molecule has 0 saturated carbocycles. The fourth-order valence-corrected chi connectivity index (χ4v) is 3.38. The Kier molecular flexibility index (Phi) is 7.75. The SMILES string of the molecule is [N-]=[N+]=Nc1c(OCc2ccccc2)ccc(N(F)c2cccc(C(=O)OCc3ccccc3)c2)c1F. The van der Waals surface area contributed by atoms with Crippen LogP contribution >= 0.6 is 0 Å². The van der Waals surface area contributed by atoms with Crippen molar-refractivity contribution < 1.29 is 23.1 Å². The van der Waals surface area contributed by atoms with Gasteiger partial charge in [0, 0.05) is 4.91 Å². The van der Waals surface area contributed by atoms with Crippen LogP contribution in [0.2, 0.25) is 0 Å². The number of carbonyl (C=O) groups excluding carboxylic acids is 1. The average Bonchev–Trinajstić information content (AvgIpc) is 2.93. The number of nitrogens with zero attached hydrogens (tertiary/aromatic N) is 4. The molecule has 0 unspecified atom stereocenters. The van der Waals surface area contributed by atoms with Crippen LogP contribution in [-0.2, 0) is 18.0 Å². The number of esters is 1. The van der Waals surface area contributed by atoms with E-state index in [1.54, 1.807) is 0 Å². The molecule has 0 N–H and O–H groups in total. The lowest BCUT2D eigenvalue weighted by Gasteiger charge is -2.18. The number of azide groups is 1. The van der Waals surface area contributed by atoms with Gasteiger partial charge in [0.1, 0.15) is 30.3 Å². The maximum atomic E-state index is 15.3. The Morgan fingerprint density at radius 2 is 1.56 bits per heavy atom. The van der Waals surface area contributed by atoms with Crippen LogP contribution in [0.5, 0.6) is 5.75 Å². The summed E-state index contributed by atoms with van der Waals surface area (Å²) in [5.74, 6) is -1.81. The third-order valence-corrected chi connectivity index (χ3v) is 5.17. The summed E-state index contributed by atoms with van der Waals surface area (Å²) in [7, 11) is 0. The van der Waals surface area contributed by atoms with Crippen LogP contribution in [0.15, 0.2) is 102 Å². The first-order valence-corrected chi connectivity index (χ1v) is 10.9. The van der Waals surface area contributed by atoms with Gasteiger partial charge in [0.05, 0.1) is 11.3 Å². The molecule has 0 aromatic heterocycles. The first-order chi connectivity index (χ1) is 17.6. The lowest BCUT2D eigenvalue weighted by Crippen LogP contribution is -2.09. The summed E-state index contributed by atoms with van der Waals surface area (Å²) in [6.45, 7) is 0.151. The van der Waals surface area contributed by atoms with E-state index in [0.29, 0.717) is 0 Å². The van der Waals surface area contributed by atoms with E-state index in [1.807, 2.05) is 60.7 Å². The molecule has 0 fully saturated rings. The second kappa shape index (κ2) is 11.5. The normalized spacial score (nSPS) is 10.3. The van der Waals surface area contributed by atoms with Crippen LogP contribution < -0.4 is 9.86 Å². The van der Waals surface area contributed by atoms with Crippen molar-refractivity contribution in [2.45, 2.75) is 13.2 Å². The van der Waals surface area contributed by atoms with Crippen molar-refractivity contribution in [2.75, 3.05) is 5.12 Å². The zero-order valence-corrected chi connectivity index (χ0v) is 18.9. The number of benzene rings is 4. The minimum atomic E-state index is -1.11. The van der Waals surface area contributed by atoms with E-state index in [9.17, 15) is 4.79 Å². The van der Waals surface area contributed by atoms with Crippen molar-refractivity contribution in [1.82, 2.24) is 0 Å². The van der Waals surface area contributed by atoms with Gasteiger partial charge in [0.2, 0.25) is 0 Å². The van der Waals surface area contributed by atoms with Gasteiger partial charge in [0.25, 0.3) is 0 Å². The Labute approximate surface area is 205 Å². The van der Waals surface area contributed by atoms with Crippen molar-refractivity contribution >= 4 is 23.0 Å². The van der Waals surface area contributed by atoms with E-state index in [4.69, 9.17) is 15.0 Å². The molecular weight excluding hydrogens is 466 g/mol. The first-order valence-electron chi connectivity index (χ1n) is 10.9. The molecule has 0 radical (unpaired) electrons. The van der Waals surface area contributed by atoms with E-state index >= 15 is 8.87 Å². The van der Waals surface area contributed by atoms with Crippen LogP contribution in [0.4, 0.5) is 25.9 Å². The van der Waals surface area contributed by atoms with Crippen LogP contribution in [0.3, 0.4) is 0 Å². The summed E-state index contributed by atoms with van der Waals surface area (Å²) >= 11 is 0. The molecule has 0 aliphatic rings. The number of hydrogen-bond donors (Lipinski definition) is 0. The van der Waals surface area contributed by atoms with Gasteiger partial charge in [-0.2, -0.15) is 5.12 Å². The van der Waals surface area contributed by atoms with Gasteiger partial charge < -0.3 is 9.47 Å². The largest absolute Gasteiger partial charge is 0.488 e. The van der Waals surface area contributed by atoms with E-state index in [-0.39, 0.29) is 35.3 Å². The summed E-state index contributed by atoms with van der Waals surface area (Å²) in [4.78, 5) is 15.1. The molecule has 4 aromatic carbocycles.